The quantitative estimate of drug-likeness (QED) is 0.688. The van der Waals surface area contributed by atoms with Crippen LogP contribution in [0.4, 0.5) is 0 Å². The lowest BCUT2D eigenvalue weighted by atomic mass is 10.2. The van der Waals surface area contributed by atoms with Crippen LogP contribution in [0.25, 0.3) is 5.69 Å². The molecule has 0 unspecified atom stereocenters. The molecule has 2 aromatic rings. The van der Waals surface area contributed by atoms with Crippen LogP contribution in [-0.4, -0.2) is 4.57 Å². The maximum Gasteiger partial charge on any atom is 0.165 e. The second-order valence-electron chi connectivity index (χ2n) is 2.70. The van der Waals surface area contributed by atoms with Gasteiger partial charge in [-0.1, -0.05) is 0 Å². The molecule has 1 aromatic heterocycles. The average molecular weight is 218 g/mol. The number of nitriles is 1. The maximum absolute atomic E-state index is 8.64. The first-order valence-electron chi connectivity index (χ1n) is 3.98. The van der Waals surface area contributed by atoms with E-state index in [9.17, 15) is 0 Å². The number of hydrogen-bond donors (Lipinski definition) is 0. The largest absolute Gasteiger partial charge is 0.299 e. The van der Waals surface area contributed by atoms with E-state index in [0.717, 1.165) is 9.64 Å². The van der Waals surface area contributed by atoms with Crippen LogP contribution in [0.2, 0.25) is 0 Å². The van der Waals surface area contributed by atoms with Crippen LogP contribution < -0.4 is 0 Å². The zero-order valence-electron chi connectivity index (χ0n) is 7.18. The highest BCUT2D eigenvalue weighted by Crippen LogP contribution is 2.13. The van der Waals surface area contributed by atoms with Crippen molar-refractivity contribution < 1.29 is 0 Å². The molecule has 1 aromatic carbocycles. The Bertz CT molecular complexity index is 528. The lowest BCUT2D eigenvalue weighted by Crippen LogP contribution is -1.90. The van der Waals surface area contributed by atoms with Gasteiger partial charge in [0.1, 0.15) is 0 Å². The third kappa shape index (κ3) is 1.60. The Morgan fingerprint density at radius 1 is 1.29 bits per heavy atom. The van der Waals surface area contributed by atoms with E-state index in [2.05, 4.69) is 6.07 Å². The Morgan fingerprint density at radius 3 is 2.50 bits per heavy atom. The Hall–Kier alpha value is -1.44. The van der Waals surface area contributed by atoms with Gasteiger partial charge in [0.25, 0.3) is 0 Å². The molecule has 0 aliphatic rings. The van der Waals surface area contributed by atoms with Crippen molar-refractivity contribution >= 4 is 23.6 Å². The van der Waals surface area contributed by atoms with E-state index in [4.69, 9.17) is 17.5 Å². The normalized spacial score (nSPS) is 9.64. The summed E-state index contributed by atoms with van der Waals surface area (Å²) in [7, 11) is 0. The predicted octanol–water partition coefficient (Wildman–Crippen LogP) is 3.14. The molecular weight excluding hydrogens is 212 g/mol. The number of hydrogen-bond acceptors (Lipinski definition) is 3. The highest BCUT2D eigenvalue weighted by Gasteiger charge is 1.97. The Labute approximate surface area is 90.7 Å². The molecule has 1 heterocycles. The van der Waals surface area contributed by atoms with Gasteiger partial charge < -0.3 is 0 Å². The Morgan fingerprint density at radius 2 is 2.00 bits per heavy atom. The average Bonchev–Trinajstić information content (AvgIpc) is 2.65. The highest BCUT2D eigenvalue weighted by molar-refractivity contribution is 7.73. The van der Waals surface area contributed by atoms with Crippen molar-refractivity contribution in [1.29, 1.82) is 5.26 Å². The summed E-state index contributed by atoms with van der Waals surface area (Å²) in [5.74, 6) is 0. The van der Waals surface area contributed by atoms with E-state index >= 15 is 0 Å². The van der Waals surface area contributed by atoms with Gasteiger partial charge in [-0.25, -0.2) is 0 Å². The Balaban J connectivity index is 2.50. The number of rotatable bonds is 1. The monoisotopic (exact) mass is 218 g/mol. The van der Waals surface area contributed by atoms with E-state index in [0.29, 0.717) is 5.56 Å². The van der Waals surface area contributed by atoms with Gasteiger partial charge >= 0.3 is 0 Å². The van der Waals surface area contributed by atoms with Crippen LogP contribution in [0.3, 0.4) is 0 Å². The molecular formula is C10H6N2S2. The van der Waals surface area contributed by atoms with Gasteiger partial charge in [0, 0.05) is 17.3 Å². The minimum absolute atomic E-state index is 0.662. The molecule has 0 bridgehead atoms. The molecule has 0 aliphatic carbocycles. The van der Waals surface area contributed by atoms with Gasteiger partial charge in [-0.2, -0.15) is 5.26 Å². The summed E-state index contributed by atoms with van der Waals surface area (Å²) in [4.78, 5) is 0. The maximum atomic E-state index is 8.64. The Kier molecular flexibility index (Phi) is 2.44. The second kappa shape index (κ2) is 3.74. The van der Waals surface area contributed by atoms with Crippen LogP contribution in [-0.2, 0) is 0 Å². The van der Waals surface area contributed by atoms with Crippen molar-refractivity contribution in [3.8, 4) is 11.8 Å². The summed E-state index contributed by atoms with van der Waals surface area (Å²) in [5.41, 5.74) is 1.66. The van der Waals surface area contributed by atoms with E-state index < -0.39 is 0 Å². The van der Waals surface area contributed by atoms with Gasteiger partial charge in [0.05, 0.1) is 11.6 Å². The van der Waals surface area contributed by atoms with Crippen LogP contribution >= 0.6 is 23.6 Å². The number of nitrogens with zero attached hydrogens (tertiary/aromatic N) is 2. The van der Waals surface area contributed by atoms with Gasteiger partial charge in [0.2, 0.25) is 0 Å². The molecule has 0 saturated carbocycles. The first-order chi connectivity index (χ1) is 6.81. The topological polar surface area (TPSA) is 28.7 Å². The fraction of sp³-hybridized carbons (Fsp3) is 0. The smallest absolute Gasteiger partial charge is 0.165 e. The molecule has 2 rings (SSSR count). The lowest BCUT2D eigenvalue weighted by Gasteiger charge is -2.00. The number of aromatic nitrogens is 1. The van der Waals surface area contributed by atoms with Gasteiger partial charge in [-0.05, 0) is 36.5 Å². The van der Waals surface area contributed by atoms with Gasteiger partial charge in [0.15, 0.2) is 3.95 Å². The SMILES string of the molecule is N#Cc1ccc(-n2ccsc2=S)cc1. The molecule has 0 saturated heterocycles. The molecule has 2 nitrogen and oxygen atoms in total. The third-order valence-corrected chi connectivity index (χ3v) is 2.99. The fourth-order valence-corrected chi connectivity index (χ4v) is 2.07. The fourth-order valence-electron chi connectivity index (χ4n) is 1.16. The first kappa shape index (κ1) is 9.13. The van der Waals surface area contributed by atoms with Crippen molar-refractivity contribution in [2.45, 2.75) is 0 Å². The summed E-state index contributed by atoms with van der Waals surface area (Å²) >= 11 is 6.67. The molecule has 0 spiro atoms. The summed E-state index contributed by atoms with van der Waals surface area (Å²) in [5, 5.41) is 10.6. The molecule has 0 amide bonds. The summed E-state index contributed by atoms with van der Waals surface area (Å²) in [6.07, 6.45) is 1.92. The molecule has 0 fully saturated rings. The molecule has 4 heteroatoms. The predicted molar refractivity (Wildman–Crippen MR) is 59.2 cm³/mol. The summed E-state index contributed by atoms with van der Waals surface area (Å²) in [6, 6.07) is 9.43. The lowest BCUT2D eigenvalue weighted by molar-refractivity contribution is 1.07. The van der Waals surface area contributed by atoms with Crippen LogP contribution in [0, 0.1) is 15.3 Å². The highest BCUT2D eigenvalue weighted by atomic mass is 32.1. The van der Waals surface area contributed by atoms with E-state index in [1.807, 2.05) is 28.3 Å². The standard InChI is InChI=1S/C10H6N2S2/c11-7-8-1-3-9(4-2-8)12-5-6-14-10(12)13/h1-6H. The minimum atomic E-state index is 0.662. The van der Waals surface area contributed by atoms with E-state index in [1.165, 1.54) is 11.3 Å². The van der Waals surface area contributed by atoms with Crippen molar-refractivity contribution in [3.63, 3.8) is 0 Å². The third-order valence-electron chi connectivity index (χ3n) is 1.85. The molecule has 0 atom stereocenters. The molecule has 0 aliphatic heterocycles. The van der Waals surface area contributed by atoms with E-state index in [-0.39, 0.29) is 0 Å². The van der Waals surface area contributed by atoms with Crippen molar-refractivity contribution in [3.05, 3.63) is 45.4 Å². The van der Waals surface area contributed by atoms with Crippen molar-refractivity contribution in [2.24, 2.45) is 0 Å². The van der Waals surface area contributed by atoms with Gasteiger partial charge in [-0.15, -0.1) is 11.3 Å². The summed E-state index contributed by atoms with van der Waals surface area (Å²) in [6.45, 7) is 0. The van der Waals surface area contributed by atoms with Crippen LogP contribution in [0.5, 0.6) is 0 Å². The first-order valence-corrected chi connectivity index (χ1v) is 5.27. The number of benzene rings is 1. The zero-order chi connectivity index (χ0) is 9.97. The number of thiazole rings is 1. The van der Waals surface area contributed by atoms with Gasteiger partial charge in [-0.3, -0.25) is 4.57 Å². The molecule has 0 radical (unpaired) electrons. The molecule has 0 N–H and O–H groups in total. The second-order valence-corrected chi connectivity index (χ2v) is 4.24. The molecule has 14 heavy (non-hydrogen) atoms. The minimum Gasteiger partial charge on any atom is -0.299 e. The summed E-state index contributed by atoms with van der Waals surface area (Å²) < 4.78 is 2.73. The van der Waals surface area contributed by atoms with Crippen LogP contribution in [0.1, 0.15) is 5.56 Å². The molecule has 68 valence electrons. The zero-order valence-corrected chi connectivity index (χ0v) is 8.81. The van der Waals surface area contributed by atoms with Crippen molar-refractivity contribution in [1.82, 2.24) is 4.57 Å². The van der Waals surface area contributed by atoms with Crippen LogP contribution in [0.15, 0.2) is 35.8 Å². The van der Waals surface area contributed by atoms with Crippen molar-refractivity contribution in [2.75, 3.05) is 0 Å². The van der Waals surface area contributed by atoms with E-state index in [1.54, 1.807) is 12.1 Å².